The fraction of sp³-hybridized carbons (Fsp3) is 0.444. The van der Waals surface area contributed by atoms with Crippen LogP contribution >= 0.6 is 0 Å². The molecule has 1 saturated carbocycles. The van der Waals surface area contributed by atoms with E-state index in [0.29, 0.717) is 25.8 Å². The number of ether oxygens (including phenoxy) is 1. The highest BCUT2D eigenvalue weighted by Gasteiger charge is 2.47. The predicted molar refractivity (Wildman–Crippen MR) is 126 cm³/mol. The van der Waals surface area contributed by atoms with Crippen LogP contribution in [-0.4, -0.2) is 53.2 Å². The zero-order valence-electron chi connectivity index (χ0n) is 19.3. The van der Waals surface area contributed by atoms with E-state index >= 15 is 0 Å². The molecule has 2 aliphatic heterocycles. The van der Waals surface area contributed by atoms with Gasteiger partial charge in [-0.25, -0.2) is 4.79 Å². The van der Waals surface area contributed by atoms with Crippen molar-refractivity contribution in [3.63, 3.8) is 0 Å². The molecule has 6 rings (SSSR count). The minimum Gasteiger partial charge on any atom is -0.481 e. The molecular formula is C27H30N2O5. The Hall–Kier alpha value is -3.35. The Morgan fingerprint density at radius 3 is 2.29 bits per heavy atom. The first kappa shape index (κ1) is 22.4. The first-order valence-corrected chi connectivity index (χ1v) is 12.1. The van der Waals surface area contributed by atoms with Crippen molar-refractivity contribution in [2.45, 2.75) is 50.6 Å². The van der Waals surface area contributed by atoms with E-state index < -0.39 is 24.0 Å². The zero-order valence-corrected chi connectivity index (χ0v) is 19.3. The summed E-state index contributed by atoms with van der Waals surface area (Å²) in [6, 6.07) is 15.2. The van der Waals surface area contributed by atoms with Gasteiger partial charge in [-0.15, -0.1) is 0 Å². The van der Waals surface area contributed by atoms with Crippen LogP contribution in [0.2, 0.25) is 0 Å². The summed E-state index contributed by atoms with van der Waals surface area (Å²) in [6.07, 6.45) is 2.07. The van der Waals surface area contributed by atoms with E-state index in [1.807, 2.05) is 31.2 Å². The highest BCUT2D eigenvalue weighted by molar-refractivity contribution is 5.87. The second-order valence-electron chi connectivity index (χ2n) is 9.61. The molecule has 4 unspecified atom stereocenters. The molecule has 2 aliphatic carbocycles. The fourth-order valence-electron chi connectivity index (χ4n) is 6.03. The van der Waals surface area contributed by atoms with Gasteiger partial charge in [-0.1, -0.05) is 55.5 Å². The molecule has 2 saturated heterocycles. The smallest absolute Gasteiger partial charge is 0.407 e. The molecule has 2 bridgehead atoms. The van der Waals surface area contributed by atoms with E-state index in [1.54, 1.807) is 4.90 Å². The topological polar surface area (TPSA) is 95.9 Å². The summed E-state index contributed by atoms with van der Waals surface area (Å²) in [4.78, 5) is 39.4. The average Bonchev–Trinajstić information content (AvgIpc) is 3.19. The number of carbonyl (C=O) groups is 3. The molecule has 34 heavy (non-hydrogen) atoms. The number of carboxylic acid groups (broad SMARTS) is 1. The number of nitrogens with one attached hydrogen (secondary N) is 1. The monoisotopic (exact) mass is 462 g/mol. The van der Waals surface area contributed by atoms with E-state index in [0.717, 1.165) is 28.7 Å². The number of amides is 2. The largest absolute Gasteiger partial charge is 0.481 e. The third kappa shape index (κ3) is 3.93. The van der Waals surface area contributed by atoms with E-state index in [1.165, 1.54) is 0 Å². The summed E-state index contributed by atoms with van der Waals surface area (Å²) in [5, 5.41) is 12.3. The SMILES string of the molecule is CCC(NC(=O)OCC1c2ccccc2-c2ccccc21)C(=O)N1CC2CCC1C(C(=O)O)C2. The minimum absolute atomic E-state index is 0.0527. The fourth-order valence-corrected chi connectivity index (χ4v) is 6.03. The molecule has 0 aromatic heterocycles. The molecule has 2 N–H and O–H groups in total. The second-order valence-corrected chi connectivity index (χ2v) is 9.61. The van der Waals surface area contributed by atoms with Gasteiger partial charge in [0.1, 0.15) is 12.6 Å². The number of nitrogens with zero attached hydrogens (tertiary/aromatic N) is 1. The van der Waals surface area contributed by atoms with Gasteiger partial charge >= 0.3 is 12.1 Å². The molecule has 3 fully saturated rings. The molecule has 2 amide bonds. The van der Waals surface area contributed by atoms with Gasteiger partial charge in [-0.05, 0) is 53.9 Å². The summed E-state index contributed by atoms with van der Waals surface area (Å²) >= 11 is 0. The van der Waals surface area contributed by atoms with Gasteiger partial charge in [0.05, 0.1) is 5.92 Å². The Bertz CT molecular complexity index is 1070. The van der Waals surface area contributed by atoms with Gasteiger partial charge in [-0.2, -0.15) is 0 Å². The normalized spacial score (nSPS) is 23.7. The van der Waals surface area contributed by atoms with Gasteiger partial charge < -0.3 is 20.1 Å². The van der Waals surface area contributed by atoms with Gasteiger partial charge in [-0.3, -0.25) is 9.59 Å². The van der Waals surface area contributed by atoms with Crippen molar-refractivity contribution >= 4 is 18.0 Å². The lowest BCUT2D eigenvalue weighted by Gasteiger charge is -2.49. The predicted octanol–water partition coefficient (Wildman–Crippen LogP) is 4.02. The number of hydrogen-bond donors (Lipinski definition) is 2. The van der Waals surface area contributed by atoms with Crippen molar-refractivity contribution in [3.8, 4) is 11.1 Å². The lowest BCUT2D eigenvalue weighted by Crippen LogP contribution is -2.61. The van der Waals surface area contributed by atoms with Crippen LogP contribution in [0.5, 0.6) is 0 Å². The number of benzene rings is 2. The van der Waals surface area contributed by atoms with Crippen molar-refractivity contribution in [2.75, 3.05) is 13.2 Å². The number of aliphatic carboxylic acids is 1. The van der Waals surface area contributed by atoms with E-state index in [2.05, 4.69) is 29.6 Å². The zero-order chi connectivity index (χ0) is 23.8. The number of fused-ring (bicyclic) bond motifs is 6. The summed E-state index contributed by atoms with van der Waals surface area (Å²) in [5.74, 6) is -1.42. The summed E-state index contributed by atoms with van der Waals surface area (Å²) in [6.45, 7) is 2.58. The standard InChI is InChI=1S/C27H30N2O5/c1-2-23(25(30)29-14-16-11-12-24(29)21(13-16)26(31)32)28-27(33)34-15-22-19-9-5-3-7-17(19)18-8-4-6-10-20(18)22/h3-10,16,21-24H,2,11-15H2,1H3,(H,28,33)(H,31,32). The van der Waals surface area contributed by atoms with Crippen LogP contribution in [0.15, 0.2) is 48.5 Å². The van der Waals surface area contributed by atoms with Crippen LogP contribution in [0.3, 0.4) is 0 Å². The van der Waals surface area contributed by atoms with Crippen molar-refractivity contribution in [1.29, 1.82) is 0 Å². The molecule has 178 valence electrons. The number of carboxylic acids is 1. The number of hydrogen-bond acceptors (Lipinski definition) is 4. The van der Waals surface area contributed by atoms with E-state index in [4.69, 9.17) is 4.74 Å². The number of alkyl carbamates (subject to hydrolysis) is 1. The molecule has 2 heterocycles. The second kappa shape index (κ2) is 9.12. The van der Waals surface area contributed by atoms with Crippen LogP contribution in [0.25, 0.3) is 11.1 Å². The lowest BCUT2D eigenvalue weighted by atomic mass is 9.72. The van der Waals surface area contributed by atoms with Crippen molar-refractivity contribution in [3.05, 3.63) is 59.7 Å². The van der Waals surface area contributed by atoms with Gasteiger partial charge in [0, 0.05) is 18.5 Å². The first-order valence-electron chi connectivity index (χ1n) is 12.1. The Kier molecular flexibility index (Phi) is 6.02. The molecule has 4 aliphatic rings. The Morgan fingerprint density at radius 1 is 1.06 bits per heavy atom. The maximum absolute atomic E-state index is 13.3. The highest BCUT2D eigenvalue weighted by atomic mass is 16.5. The Morgan fingerprint density at radius 2 is 1.71 bits per heavy atom. The molecule has 7 nitrogen and oxygen atoms in total. The van der Waals surface area contributed by atoms with Crippen LogP contribution in [0.4, 0.5) is 4.79 Å². The Balaban J connectivity index is 1.24. The maximum atomic E-state index is 13.3. The lowest BCUT2D eigenvalue weighted by molar-refractivity contribution is -0.156. The van der Waals surface area contributed by atoms with E-state index in [-0.39, 0.29) is 30.4 Å². The summed E-state index contributed by atoms with van der Waals surface area (Å²) in [7, 11) is 0. The van der Waals surface area contributed by atoms with Gasteiger partial charge in [0.15, 0.2) is 0 Å². The quantitative estimate of drug-likeness (QED) is 0.676. The average molecular weight is 463 g/mol. The molecule has 4 atom stereocenters. The number of carbonyl (C=O) groups excluding carboxylic acids is 2. The minimum atomic E-state index is -0.843. The van der Waals surface area contributed by atoms with Gasteiger partial charge in [0.25, 0.3) is 0 Å². The summed E-state index contributed by atoms with van der Waals surface area (Å²) < 4.78 is 5.62. The molecule has 0 radical (unpaired) electrons. The van der Waals surface area contributed by atoms with Crippen LogP contribution in [0, 0.1) is 11.8 Å². The third-order valence-electron chi connectivity index (χ3n) is 7.72. The molecule has 2 aromatic rings. The number of piperidine rings is 2. The number of rotatable bonds is 6. The maximum Gasteiger partial charge on any atom is 0.407 e. The van der Waals surface area contributed by atoms with Crippen LogP contribution in [0.1, 0.15) is 49.7 Å². The summed E-state index contributed by atoms with van der Waals surface area (Å²) in [5.41, 5.74) is 4.57. The third-order valence-corrected chi connectivity index (χ3v) is 7.72. The first-order chi connectivity index (χ1) is 16.5. The van der Waals surface area contributed by atoms with Crippen LogP contribution < -0.4 is 5.32 Å². The van der Waals surface area contributed by atoms with Crippen molar-refractivity contribution in [2.24, 2.45) is 11.8 Å². The Labute approximate surface area is 199 Å². The molecule has 7 heteroatoms. The molecular weight excluding hydrogens is 432 g/mol. The van der Waals surface area contributed by atoms with Crippen molar-refractivity contribution < 1.29 is 24.2 Å². The van der Waals surface area contributed by atoms with Gasteiger partial charge in [0.2, 0.25) is 5.91 Å². The molecule has 2 aromatic carbocycles. The highest BCUT2D eigenvalue weighted by Crippen LogP contribution is 2.44. The van der Waals surface area contributed by atoms with Crippen LogP contribution in [-0.2, 0) is 14.3 Å². The van der Waals surface area contributed by atoms with E-state index in [9.17, 15) is 19.5 Å². The van der Waals surface area contributed by atoms with Crippen molar-refractivity contribution in [1.82, 2.24) is 10.2 Å². The molecule has 0 spiro atoms.